The molecule has 26 heavy (non-hydrogen) atoms. The number of nitrogens with one attached hydrogen (secondary N) is 1. The van der Waals surface area contributed by atoms with Gasteiger partial charge in [0.25, 0.3) is 5.88 Å². The molecule has 0 aliphatic carbocycles. The Bertz CT molecular complexity index is 637. The Morgan fingerprint density at radius 1 is 1.38 bits per heavy atom. The first-order valence-electron chi connectivity index (χ1n) is 8.31. The molecule has 1 aliphatic heterocycles. The van der Waals surface area contributed by atoms with Gasteiger partial charge in [0.05, 0.1) is 5.41 Å². The van der Waals surface area contributed by atoms with E-state index in [9.17, 15) is 18.0 Å². The Balaban J connectivity index is 1.98. The zero-order valence-corrected chi connectivity index (χ0v) is 15.3. The standard InChI is InChI=1S/C17H24F3N3O3/c1-11-8-23(4)9-12(11)22-15(24)16(2,3)10-25-14-13(6-5-7-21-14)26-17(18,19)20/h5-7,11-12H,8-10H2,1-4H3,(H,22,24)/t11-,12-/m1/s1. The van der Waals surface area contributed by atoms with Crippen LogP contribution in [-0.4, -0.2) is 54.9 Å². The molecule has 0 radical (unpaired) electrons. The number of likely N-dealkylation sites (N-methyl/N-ethyl adjacent to an activating group) is 1. The van der Waals surface area contributed by atoms with E-state index in [1.165, 1.54) is 12.3 Å². The van der Waals surface area contributed by atoms with E-state index in [0.29, 0.717) is 5.92 Å². The molecule has 9 heteroatoms. The zero-order chi connectivity index (χ0) is 19.5. The molecule has 146 valence electrons. The first-order valence-corrected chi connectivity index (χ1v) is 8.31. The first kappa shape index (κ1) is 20.3. The van der Waals surface area contributed by atoms with E-state index < -0.39 is 17.5 Å². The molecule has 1 aromatic rings. The van der Waals surface area contributed by atoms with E-state index in [1.807, 2.05) is 7.05 Å². The van der Waals surface area contributed by atoms with Gasteiger partial charge in [-0.15, -0.1) is 13.2 Å². The van der Waals surface area contributed by atoms with Gasteiger partial charge in [0.15, 0.2) is 5.75 Å². The topological polar surface area (TPSA) is 63.7 Å². The minimum atomic E-state index is -4.85. The molecule has 1 aliphatic rings. The first-order chi connectivity index (χ1) is 12.0. The summed E-state index contributed by atoms with van der Waals surface area (Å²) in [6.45, 7) is 6.91. The molecule has 1 saturated heterocycles. The van der Waals surface area contributed by atoms with Crippen LogP contribution in [0.4, 0.5) is 13.2 Å². The lowest BCUT2D eigenvalue weighted by atomic mass is 9.92. The minimum Gasteiger partial charge on any atom is -0.474 e. The van der Waals surface area contributed by atoms with E-state index in [1.54, 1.807) is 13.8 Å². The number of aromatic nitrogens is 1. The lowest BCUT2D eigenvalue weighted by molar-refractivity contribution is -0.275. The molecule has 2 rings (SSSR count). The number of ether oxygens (including phenoxy) is 2. The number of hydrogen-bond acceptors (Lipinski definition) is 5. The van der Waals surface area contributed by atoms with Crippen molar-refractivity contribution in [3.05, 3.63) is 18.3 Å². The summed E-state index contributed by atoms with van der Waals surface area (Å²) in [5.41, 5.74) is -0.950. The second kappa shape index (κ2) is 7.69. The third-order valence-electron chi connectivity index (χ3n) is 4.26. The summed E-state index contributed by atoms with van der Waals surface area (Å²) in [5, 5.41) is 3.00. The number of alkyl halides is 3. The number of carbonyl (C=O) groups is 1. The Morgan fingerprint density at radius 2 is 2.08 bits per heavy atom. The van der Waals surface area contributed by atoms with Crippen LogP contribution in [0.25, 0.3) is 0 Å². The van der Waals surface area contributed by atoms with Gasteiger partial charge in [-0.2, -0.15) is 0 Å². The number of amides is 1. The normalized spacial score (nSPS) is 21.5. The summed E-state index contributed by atoms with van der Waals surface area (Å²) in [6.07, 6.45) is -3.56. The van der Waals surface area contributed by atoms with Crippen LogP contribution in [0.15, 0.2) is 18.3 Å². The Kier molecular flexibility index (Phi) is 6.00. The monoisotopic (exact) mass is 375 g/mol. The summed E-state index contributed by atoms with van der Waals surface area (Å²) in [7, 11) is 1.99. The van der Waals surface area contributed by atoms with Gasteiger partial charge in [0, 0.05) is 25.3 Å². The van der Waals surface area contributed by atoms with Crippen LogP contribution in [0.5, 0.6) is 11.6 Å². The highest BCUT2D eigenvalue weighted by Gasteiger charge is 2.36. The highest BCUT2D eigenvalue weighted by atomic mass is 19.4. The number of pyridine rings is 1. The molecule has 1 amide bonds. The van der Waals surface area contributed by atoms with Gasteiger partial charge in [-0.3, -0.25) is 4.79 Å². The molecule has 0 spiro atoms. The Morgan fingerprint density at radius 3 is 2.65 bits per heavy atom. The van der Waals surface area contributed by atoms with Crippen molar-refractivity contribution >= 4 is 5.91 Å². The van der Waals surface area contributed by atoms with Gasteiger partial charge < -0.3 is 19.7 Å². The molecular formula is C17H24F3N3O3. The predicted molar refractivity (Wildman–Crippen MR) is 88.8 cm³/mol. The van der Waals surface area contributed by atoms with Crippen LogP contribution in [-0.2, 0) is 4.79 Å². The quantitative estimate of drug-likeness (QED) is 0.828. The van der Waals surface area contributed by atoms with Crippen molar-refractivity contribution in [1.82, 2.24) is 15.2 Å². The maximum atomic E-state index is 12.6. The van der Waals surface area contributed by atoms with Crippen LogP contribution in [0.3, 0.4) is 0 Å². The van der Waals surface area contributed by atoms with Crippen molar-refractivity contribution in [1.29, 1.82) is 0 Å². The fourth-order valence-electron chi connectivity index (χ4n) is 2.76. The summed E-state index contributed by atoms with van der Waals surface area (Å²) in [5.74, 6) is -0.746. The van der Waals surface area contributed by atoms with Crippen molar-refractivity contribution in [3.63, 3.8) is 0 Å². The van der Waals surface area contributed by atoms with Gasteiger partial charge in [0.1, 0.15) is 6.61 Å². The Hall–Kier alpha value is -2.03. The molecule has 0 saturated carbocycles. The van der Waals surface area contributed by atoms with Crippen molar-refractivity contribution < 1.29 is 27.4 Å². The number of nitrogens with zero attached hydrogens (tertiary/aromatic N) is 2. The van der Waals surface area contributed by atoms with Crippen molar-refractivity contribution in [3.8, 4) is 11.6 Å². The average molecular weight is 375 g/mol. The van der Waals surface area contributed by atoms with Crippen LogP contribution in [0, 0.1) is 11.3 Å². The lowest BCUT2D eigenvalue weighted by Gasteiger charge is -2.27. The van der Waals surface area contributed by atoms with E-state index in [2.05, 4.69) is 26.9 Å². The van der Waals surface area contributed by atoms with Crippen LogP contribution in [0.1, 0.15) is 20.8 Å². The van der Waals surface area contributed by atoms with Gasteiger partial charge in [-0.05, 0) is 38.9 Å². The second-order valence-corrected chi connectivity index (χ2v) is 7.31. The van der Waals surface area contributed by atoms with Crippen molar-refractivity contribution in [2.75, 3.05) is 26.7 Å². The van der Waals surface area contributed by atoms with Crippen molar-refractivity contribution in [2.24, 2.45) is 11.3 Å². The van der Waals surface area contributed by atoms with Gasteiger partial charge in [-0.1, -0.05) is 6.92 Å². The summed E-state index contributed by atoms with van der Waals surface area (Å²) in [4.78, 5) is 18.5. The third kappa shape index (κ3) is 5.48. The number of hydrogen-bond donors (Lipinski definition) is 1. The SMILES string of the molecule is C[C@@H]1CN(C)C[C@H]1NC(=O)C(C)(C)COc1ncccc1OC(F)(F)F. The van der Waals surface area contributed by atoms with E-state index in [-0.39, 0.29) is 24.4 Å². The van der Waals surface area contributed by atoms with Crippen LogP contribution >= 0.6 is 0 Å². The largest absolute Gasteiger partial charge is 0.573 e. The molecule has 1 aromatic heterocycles. The maximum Gasteiger partial charge on any atom is 0.573 e. The fourth-order valence-corrected chi connectivity index (χ4v) is 2.76. The zero-order valence-electron chi connectivity index (χ0n) is 15.3. The highest BCUT2D eigenvalue weighted by Crippen LogP contribution is 2.31. The van der Waals surface area contributed by atoms with Crippen LogP contribution < -0.4 is 14.8 Å². The third-order valence-corrected chi connectivity index (χ3v) is 4.26. The number of likely N-dealkylation sites (tertiary alicyclic amines) is 1. The molecule has 0 aromatic carbocycles. The van der Waals surface area contributed by atoms with E-state index in [0.717, 1.165) is 19.2 Å². The number of rotatable bonds is 6. The molecule has 1 fully saturated rings. The lowest BCUT2D eigenvalue weighted by Crippen LogP contribution is -2.48. The van der Waals surface area contributed by atoms with Gasteiger partial charge in [0.2, 0.25) is 5.91 Å². The number of halogens is 3. The Labute approximate surface area is 150 Å². The molecule has 0 bridgehead atoms. The molecular weight excluding hydrogens is 351 g/mol. The highest BCUT2D eigenvalue weighted by molar-refractivity contribution is 5.82. The fraction of sp³-hybridized carbons (Fsp3) is 0.647. The second-order valence-electron chi connectivity index (χ2n) is 7.31. The molecule has 6 nitrogen and oxygen atoms in total. The number of carbonyl (C=O) groups excluding carboxylic acids is 1. The molecule has 2 atom stereocenters. The summed E-state index contributed by atoms with van der Waals surface area (Å²) < 4.78 is 46.6. The molecule has 0 unspecified atom stereocenters. The van der Waals surface area contributed by atoms with Crippen LogP contribution in [0.2, 0.25) is 0 Å². The summed E-state index contributed by atoms with van der Waals surface area (Å²) >= 11 is 0. The predicted octanol–water partition coefficient (Wildman–Crippen LogP) is 2.45. The molecule has 2 heterocycles. The van der Waals surface area contributed by atoms with Gasteiger partial charge >= 0.3 is 6.36 Å². The smallest absolute Gasteiger partial charge is 0.474 e. The van der Waals surface area contributed by atoms with Crippen molar-refractivity contribution in [2.45, 2.75) is 33.2 Å². The summed E-state index contributed by atoms with van der Waals surface area (Å²) in [6, 6.07) is 2.45. The minimum absolute atomic E-state index is 0.0331. The molecule has 1 N–H and O–H groups in total. The average Bonchev–Trinajstić information content (AvgIpc) is 2.82. The maximum absolute atomic E-state index is 12.6. The van der Waals surface area contributed by atoms with Gasteiger partial charge in [-0.25, -0.2) is 4.98 Å². The van der Waals surface area contributed by atoms with E-state index >= 15 is 0 Å². The van der Waals surface area contributed by atoms with E-state index in [4.69, 9.17) is 4.74 Å².